The monoisotopic (exact) mass is 352 g/mol. The van der Waals surface area contributed by atoms with Crippen molar-refractivity contribution in [1.29, 1.82) is 0 Å². The number of hydrogen-bond donors (Lipinski definition) is 0. The zero-order valence-corrected chi connectivity index (χ0v) is 14.7. The first-order valence-corrected chi connectivity index (χ1v) is 8.75. The summed E-state index contributed by atoms with van der Waals surface area (Å²) in [6.07, 6.45) is 1.86. The second-order valence-corrected chi connectivity index (χ2v) is 6.49. The highest BCUT2D eigenvalue weighted by Crippen LogP contribution is 2.28. The van der Waals surface area contributed by atoms with E-state index in [9.17, 15) is 4.79 Å². The highest BCUT2D eigenvalue weighted by molar-refractivity contribution is 7.15. The van der Waals surface area contributed by atoms with Crippen LogP contribution in [0.15, 0.2) is 47.3 Å². The van der Waals surface area contributed by atoms with E-state index in [0.29, 0.717) is 27.6 Å². The summed E-state index contributed by atoms with van der Waals surface area (Å²) >= 11 is 1.39. The topological polar surface area (TPSA) is 52.8 Å². The maximum atomic E-state index is 12.8. The molecule has 4 rings (SSSR count). The Labute approximate surface area is 147 Å². The maximum absolute atomic E-state index is 12.8. The van der Waals surface area contributed by atoms with Crippen LogP contribution in [0.25, 0.3) is 22.1 Å². The fraction of sp³-hybridized carbons (Fsp3) is 0.158. The number of ether oxygens (including phenoxy) is 2. The lowest BCUT2D eigenvalue weighted by Crippen LogP contribution is -2.22. The zero-order chi connectivity index (χ0) is 17.4. The van der Waals surface area contributed by atoms with Crippen LogP contribution in [-0.2, 0) is 0 Å². The number of imidazole rings is 1. The Hall–Kier alpha value is -2.86. The molecule has 0 aliphatic rings. The molecule has 2 aromatic carbocycles. The molecule has 126 valence electrons. The van der Waals surface area contributed by atoms with Gasteiger partial charge in [-0.3, -0.25) is 4.79 Å². The molecular formula is C19H16N2O3S. The van der Waals surface area contributed by atoms with Gasteiger partial charge < -0.3 is 9.47 Å². The van der Waals surface area contributed by atoms with Crippen LogP contribution in [0, 0.1) is 0 Å². The van der Waals surface area contributed by atoms with Crippen molar-refractivity contribution in [3.8, 4) is 11.5 Å². The third-order valence-corrected chi connectivity index (χ3v) is 4.90. The lowest BCUT2D eigenvalue weighted by Gasteiger charge is -2.09. The van der Waals surface area contributed by atoms with Crippen LogP contribution in [0.4, 0.5) is 0 Å². The molecule has 2 aromatic heterocycles. The molecule has 2 heterocycles. The first-order valence-electron chi connectivity index (χ1n) is 7.94. The van der Waals surface area contributed by atoms with Crippen LogP contribution in [0.5, 0.6) is 11.5 Å². The molecule has 0 bridgehead atoms. The zero-order valence-electron chi connectivity index (χ0n) is 13.9. The Morgan fingerprint density at radius 1 is 1.20 bits per heavy atom. The van der Waals surface area contributed by atoms with Gasteiger partial charge in [0.15, 0.2) is 16.5 Å². The average Bonchev–Trinajstić information content (AvgIpc) is 3.12. The number of thiazole rings is 1. The SMILES string of the molecule is CCOc1cc(/C=c2/sc3nc4ccccc4n3c2=O)ccc1OC. The molecule has 0 aliphatic carbocycles. The van der Waals surface area contributed by atoms with Crippen LogP contribution in [0.2, 0.25) is 0 Å². The van der Waals surface area contributed by atoms with E-state index in [1.54, 1.807) is 11.5 Å². The normalized spacial score (nSPS) is 12.2. The fourth-order valence-electron chi connectivity index (χ4n) is 2.81. The van der Waals surface area contributed by atoms with Crippen molar-refractivity contribution in [1.82, 2.24) is 9.38 Å². The number of para-hydroxylation sites is 2. The summed E-state index contributed by atoms with van der Waals surface area (Å²) in [5.74, 6) is 1.34. The van der Waals surface area contributed by atoms with Gasteiger partial charge in [-0.25, -0.2) is 9.38 Å². The number of nitrogens with zero attached hydrogens (tertiary/aromatic N) is 2. The van der Waals surface area contributed by atoms with Crippen LogP contribution in [0.1, 0.15) is 12.5 Å². The molecular weight excluding hydrogens is 336 g/mol. The summed E-state index contributed by atoms with van der Waals surface area (Å²) in [5, 5.41) is 0. The van der Waals surface area contributed by atoms with Gasteiger partial charge in [-0.2, -0.15) is 0 Å². The van der Waals surface area contributed by atoms with Crippen molar-refractivity contribution in [2.75, 3.05) is 13.7 Å². The van der Waals surface area contributed by atoms with Gasteiger partial charge in [-0.05, 0) is 42.8 Å². The summed E-state index contributed by atoms with van der Waals surface area (Å²) in [6.45, 7) is 2.47. The summed E-state index contributed by atoms with van der Waals surface area (Å²) in [5.41, 5.74) is 2.50. The Morgan fingerprint density at radius 3 is 2.84 bits per heavy atom. The standard InChI is InChI=1S/C19H16N2O3S/c1-3-24-16-10-12(8-9-15(16)23-2)11-17-18(22)21-14-7-5-4-6-13(14)20-19(21)25-17/h4-11H,3H2,1-2H3/b17-11+. The van der Waals surface area contributed by atoms with E-state index in [1.807, 2.05) is 55.5 Å². The summed E-state index contributed by atoms with van der Waals surface area (Å²) in [7, 11) is 1.61. The number of rotatable bonds is 4. The molecule has 0 atom stereocenters. The van der Waals surface area contributed by atoms with Crippen LogP contribution in [0.3, 0.4) is 0 Å². The van der Waals surface area contributed by atoms with Gasteiger partial charge in [0.2, 0.25) is 0 Å². The Bertz CT molecular complexity index is 1180. The molecule has 5 nitrogen and oxygen atoms in total. The molecule has 0 aliphatic heterocycles. The van der Waals surface area contributed by atoms with Gasteiger partial charge in [0.1, 0.15) is 0 Å². The highest BCUT2D eigenvalue weighted by atomic mass is 32.1. The largest absolute Gasteiger partial charge is 0.493 e. The lowest BCUT2D eigenvalue weighted by atomic mass is 10.2. The molecule has 4 aromatic rings. The first-order chi connectivity index (χ1) is 12.2. The van der Waals surface area contributed by atoms with Crippen LogP contribution in [-0.4, -0.2) is 23.1 Å². The summed E-state index contributed by atoms with van der Waals surface area (Å²) in [4.78, 5) is 18.0. The number of hydrogen-bond acceptors (Lipinski definition) is 5. The van der Waals surface area contributed by atoms with E-state index in [4.69, 9.17) is 9.47 Å². The third kappa shape index (κ3) is 2.64. The number of benzene rings is 2. The van der Waals surface area contributed by atoms with Gasteiger partial charge in [0, 0.05) is 0 Å². The minimum atomic E-state index is -0.0533. The van der Waals surface area contributed by atoms with Crippen molar-refractivity contribution >= 4 is 33.4 Å². The Kier molecular flexibility index (Phi) is 3.89. The second kappa shape index (κ2) is 6.22. The van der Waals surface area contributed by atoms with E-state index < -0.39 is 0 Å². The first kappa shape index (κ1) is 15.7. The molecule has 0 unspecified atom stereocenters. The summed E-state index contributed by atoms with van der Waals surface area (Å²) < 4.78 is 13.2. The van der Waals surface area contributed by atoms with Gasteiger partial charge in [0.05, 0.1) is 29.3 Å². The predicted molar refractivity (Wildman–Crippen MR) is 99.8 cm³/mol. The van der Waals surface area contributed by atoms with Gasteiger partial charge >= 0.3 is 0 Å². The molecule has 0 amide bonds. The van der Waals surface area contributed by atoms with E-state index in [-0.39, 0.29) is 5.56 Å². The fourth-order valence-corrected chi connectivity index (χ4v) is 3.80. The number of aromatic nitrogens is 2. The molecule has 0 N–H and O–H groups in total. The van der Waals surface area contributed by atoms with E-state index in [0.717, 1.165) is 16.6 Å². The van der Waals surface area contributed by atoms with Crippen molar-refractivity contribution in [3.63, 3.8) is 0 Å². The maximum Gasteiger partial charge on any atom is 0.274 e. The minimum absolute atomic E-state index is 0.0533. The molecule has 25 heavy (non-hydrogen) atoms. The summed E-state index contributed by atoms with van der Waals surface area (Å²) in [6, 6.07) is 13.3. The molecule has 0 saturated heterocycles. The van der Waals surface area contributed by atoms with Gasteiger partial charge in [0.25, 0.3) is 5.56 Å². The molecule has 0 radical (unpaired) electrons. The smallest absolute Gasteiger partial charge is 0.274 e. The van der Waals surface area contributed by atoms with Gasteiger partial charge in [-0.15, -0.1) is 0 Å². The van der Waals surface area contributed by atoms with E-state index in [1.165, 1.54) is 11.3 Å². The quantitative estimate of drug-likeness (QED) is 0.567. The highest BCUT2D eigenvalue weighted by Gasteiger charge is 2.11. The van der Waals surface area contributed by atoms with E-state index >= 15 is 0 Å². The van der Waals surface area contributed by atoms with Crippen LogP contribution < -0.4 is 19.6 Å². The van der Waals surface area contributed by atoms with Crippen molar-refractivity contribution in [2.45, 2.75) is 6.92 Å². The van der Waals surface area contributed by atoms with Crippen molar-refractivity contribution < 1.29 is 9.47 Å². The third-order valence-electron chi connectivity index (χ3n) is 3.93. The van der Waals surface area contributed by atoms with Crippen molar-refractivity contribution in [2.24, 2.45) is 0 Å². The Balaban J connectivity index is 1.88. The molecule has 0 saturated carbocycles. The number of methoxy groups -OCH3 is 1. The molecule has 6 heteroatoms. The van der Waals surface area contributed by atoms with Gasteiger partial charge in [-0.1, -0.05) is 29.5 Å². The lowest BCUT2D eigenvalue weighted by molar-refractivity contribution is 0.311. The number of fused-ring (bicyclic) bond motifs is 3. The average molecular weight is 352 g/mol. The minimum Gasteiger partial charge on any atom is -0.493 e. The van der Waals surface area contributed by atoms with Crippen LogP contribution >= 0.6 is 11.3 Å². The van der Waals surface area contributed by atoms with E-state index in [2.05, 4.69) is 4.98 Å². The van der Waals surface area contributed by atoms with Crippen molar-refractivity contribution in [3.05, 3.63) is 62.9 Å². The predicted octanol–water partition coefficient (Wildman–Crippen LogP) is 2.86. The molecule has 0 fully saturated rings. The Morgan fingerprint density at radius 2 is 2.04 bits per heavy atom. The molecule has 0 spiro atoms. The second-order valence-electron chi connectivity index (χ2n) is 5.48.